The van der Waals surface area contributed by atoms with Gasteiger partial charge in [-0.3, -0.25) is 4.57 Å². The minimum Gasteiger partial charge on any atom is -0.507 e. The van der Waals surface area contributed by atoms with E-state index in [-0.39, 0.29) is 17.0 Å². The van der Waals surface area contributed by atoms with Gasteiger partial charge in [-0.05, 0) is 46.7 Å². The van der Waals surface area contributed by atoms with Crippen LogP contribution >= 0.6 is 16.8 Å². The molecule has 0 amide bonds. The summed E-state index contributed by atoms with van der Waals surface area (Å²) in [5.74, 6) is 0.321. The molecule has 0 aliphatic heterocycles. The molecule has 1 N–H and O–H groups in total. The monoisotopic (exact) mass is 466 g/mol. The number of aromatic hydroxyl groups is 1. The summed E-state index contributed by atoms with van der Waals surface area (Å²) in [7, 11) is -0.553. The third kappa shape index (κ3) is 9.07. The highest BCUT2D eigenvalue weighted by Crippen LogP contribution is 2.52. The molecular formula is C25H40O4P2. The molecular weight excluding hydrogens is 426 g/mol. The lowest BCUT2D eigenvalue weighted by Gasteiger charge is -2.29. The van der Waals surface area contributed by atoms with E-state index in [1.165, 1.54) is 5.30 Å². The van der Waals surface area contributed by atoms with Crippen LogP contribution in [0.1, 0.15) is 72.1 Å². The molecule has 4 nitrogen and oxygen atoms in total. The maximum atomic E-state index is 12.9. The first kappa shape index (κ1) is 27.9. The van der Waals surface area contributed by atoms with E-state index in [2.05, 4.69) is 50.8 Å². The van der Waals surface area contributed by atoms with Crippen LogP contribution in [0, 0.1) is 0 Å². The van der Waals surface area contributed by atoms with Crippen LogP contribution < -0.4 is 5.30 Å². The van der Waals surface area contributed by atoms with Crippen molar-refractivity contribution in [3.05, 3.63) is 59.2 Å². The van der Waals surface area contributed by atoms with Crippen LogP contribution in [0.15, 0.2) is 42.5 Å². The molecule has 6 heteroatoms. The summed E-state index contributed by atoms with van der Waals surface area (Å²) in [5.41, 5.74) is 2.13. The van der Waals surface area contributed by atoms with Gasteiger partial charge < -0.3 is 14.2 Å². The second-order valence-corrected chi connectivity index (χ2v) is 12.3. The Balaban J connectivity index is 0.000000577. The van der Waals surface area contributed by atoms with Crippen molar-refractivity contribution < 1.29 is 18.7 Å². The summed E-state index contributed by atoms with van der Waals surface area (Å²) in [6.45, 7) is 16.7. The van der Waals surface area contributed by atoms with E-state index < -0.39 is 7.60 Å². The highest BCUT2D eigenvalue weighted by molar-refractivity contribution is 7.53. The Kier molecular flexibility index (Phi) is 10.4. The van der Waals surface area contributed by atoms with Gasteiger partial charge in [-0.1, -0.05) is 84.0 Å². The van der Waals surface area contributed by atoms with Crippen LogP contribution in [0.2, 0.25) is 0 Å². The van der Waals surface area contributed by atoms with Gasteiger partial charge in [-0.15, -0.1) is 9.24 Å². The highest BCUT2D eigenvalue weighted by Gasteiger charge is 2.30. The van der Waals surface area contributed by atoms with Crippen LogP contribution in [0.5, 0.6) is 5.75 Å². The van der Waals surface area contributed by atoms with Crippen molar-refractivity contribution in [1.29, 1.82) is 0 Å². The minimum absolute atomic E-state index is 0.209. The molecule has 2 aromatic carbocycles. The van der Waals surface area contributed by atoms with Crippen molar-refractivity contribution in [2.45, 2.75) is 72.4 Å². The normalized spacial score (nSPS) is 12.3. The van der Waals surface area contributed by atoms with Crippen molar-refractivity contribution >= 4 is 22.1 Å². The van der Waals surface area contributed by atoms with Crippen molar-refractivity contribution in [2.24, 2.45) is 0 Å². The molecule has 0 aliphatic carbocycles. The lowest BCUT2D eigenvalue weighted by Crippen LogP contribution is -2.18. The topological polar surface area (TPSA) is 55.8 Å². The standard InChI is InChI=1S/C19H33O4P.C6H7P/c1-9-22-24(21,23-10-2)13-14-11-15(18(3,4)5)17(20)16(12-14)19(6,7)8;7-6-4-2-1-3-5-6/h11-12,20H,9-10,13H2,1-8H3;1-5H,7H2. The average Bonchev–Trinajstić information content (AvgIpc) is 2.62. The maximum absolute atomic E-state index is 12.9. The van der Waals surface area contributed by atoms with Crippen molar-refractivity contribution in [3.63, 3.8) is 0 Å². The summed E-state index contributed by atoms with van der Waals surface area (Å²) in [4.78, 5) is 0. The average molecular weight is 467 g/mol. The van der Waals surface area contributed by atoms with Gasteiger partial charge in [0.15, 0.2) is 0 Å². The summed E-state index contributed by atoms with van der Waals surface area (Å²) >= 11 is 0. The number of phenols is 1. The maximum Gasteiger partial charge on any atom is 0.335 e. The Morgan fingerprint density at radius 1 is 0.871 bits per heavy atom. The Morgan fingerprint density at radius 3 is 1.58 bits per heavy atom. The summed E-state index contributed by atoms with van der Waals surface area (Å²) < 4.78 is 23.7. The molecule has 0 radical (unpaired) electrons. The first-order chi connectivity index (χ1) is 14.2. The molecule has 0 spiro atoms. The lowest BCUT2D eigenvalue weighted by atomic mass is 9.78. The molecule has 2 rings (SSSR count). The van der Waals surface area contributed by atoms with Gasteiger partial charge in [0, 0.05) is 0 Å². The van der Waals surface area contributed by atoms with E-state index in [1.54, 1.807) is 0 Å². The number of hydrogen-bond acceptors (Lipinski definition) is 4. The zero-order valence-electron chi connectivity index (χ0n) is 20.4. The molecule has 174 valence electrons. The summed E-state index contributed by atoms with van der Waals surface area (Å²) in [6, 6.07) is 14.0. The smallest absolute Gasteiger partial charge is 0.335 e. The lowest BCUT2D eigenvalue weighted by molar-refractivity contribution is 0.219. The van der Waals surface area contributed by atoms with Gasteiger partial charge in [0.25, 0.3) is 0 Å². The van der Waals surface area contributed by atoms with Gasteiger partial charge >= 0.3 is 7.60 Å². The van der Waals surface area contributed by atoms with Crippen LogP contribution in [-0.2, 0) is 30.6 Å². The molecule has 0 heterocycles. The van der Waals surface area contributed by atoms with Crippen LogP contribution in [0.3, 0.4) is 0 Å². The van der Waals surface area contributed by atoms with Gasteiger partial charge in [0.05, 0.1) is 19.4 Å². The Morgan fingerprint density at radius 2 is 1.29 bits per heavy atom. The Bertz CT molecular complexity index is 820. The minimum atomic E-state index is -3.18. The van der Waals surface area contributed by atoms with E-state index in [0.29, 0.717) is 19.0 Å². The van der Waals surface area contributed by atoms with Gasteiger partial charge in [0.1, 0.15) is 5.75 Å². The van der Waals surface area contributed by atoms with E-state index in [0.717, 1.165) is 16.7 Å². The molecule has 0 aromatic heterocycles. The first-order valence-corrected chi connectivity index (χ1v) is 13.1. The highest BCUT2D eigenvalue weighted by atomic mass is 31.2. The zero-order valence-corrected chi connectivity index (χ0v) is 22.4. The Hall–Kier alpha value is -1.18. The largest absolute Gasteiger partial charge is 0.507 e. The molecule has 0 aliphatic rings. The van der Waals surface area contributed by atoms with E-state index >= 15 is 0 Å². The molecule has 0 saturated heterocycles. The fourth-order valence-electron chi connectivity index (χ4n) is 3.13. The summed E-state index contributed by atoms with van der Waals surface area (Å²) in [5, 5.41) is 12.0. The number of hydrogen-bond donors (Lipinski definition) is 1. The van der Waals surface area contributed by atoms with Crippen LogP contribution in [-0.4, -0.2) is 18.3 Å². The number of benzene rings is 2. The molecule has 31 heavy (non-hydrogen) atoms. The third-order valence-electron chi connectivity index (χ3n) is 4.61. The first-order valence-electron chi connectivity index (χ1n) is 10.8. The van der Waals surface area contributed by atoms with Gasteiger partial charge in [0.2, 0.25) is 0 Å². The van der Waals surface area contributed by atoms with Crippen LogP contribution in [0.4, 0.5) is 0 Å². The van der Waals surface area contributed by atoms with E-state index in [4.69, 9.17) is 9.05 Å². The van der Waals surface area contributed by atoms with Crippen molar-refractivity contribution in [2.75, 3.05) is 13.2 Å². The molecule has 0 bridgehead atoms. The number of rotatable bonds is 6. The molecule has 1 atom stereocenters. The molecule has 0 saturated carbocycles. The van der Waals surface area contributed by atoms with Gasteiger partial charge in [-0.2, -0.15) is 0 Å². The summed E-state index contributed by atoms with van der Waals surface area (Å²) in [6.07, 6.45) is 0.209. The fourth-order valence-corrected chi connectivity index (χ4v) is 5.02. The molecule has 0 fully saturated rings. The predicted molar refractivity (Wildman–Crippen MR) is 136 cm³/mol. The quantitative estimate of drug-likeness (QED) is 0.469. The van der Waals surface area contributed by atoms with E-state index in [1.807, 2.05) is 56.3 Å². The van der Waals surface area contributed by atoms with Crippen molar-refractivity contribution in [1.82, 2.24) is 0 Å². The fraction of sp³-hybridized carbons (Fsp3) is 0.520. The van der Waals surface area contributed by atoms with Crippen molar-refractivity contribution in [3.8, 4) is 5.75 Å². The third-order valence-corrected chi connectivity index (χ3v) is 7.05. The predicted octanol–water partition coefficient (Wildman–Crippen LogP) is 6.94. The zero-order chi connectivity index (χ0) is 23.9. The Labute approximate surface area is 191 Å². The second kappa shape index (κ2) is 11.6. The SMILES string of the molecule is CCOP(=O)(Cc1cc(C(C)(C)C)c(O)c(C(C)(C)C)c1)OCC.Pc1ccccc1. The van der Waals surface area contributed by atoms with Gasteiger partial charge in [-0.25, -0.2) is 0 Å². The van der Waals surface area contributed by atoms with E-state index in [9.17, 15) is 9.67 Å². The molecule has 2 aromatic rings. The van der Waals surface area contributed by atoms with Crippen LogP contribution in [0.25, 0.3) is 0 Å². The molecule has 1 unspecified atom stereocenters. The second-order valence-electron chi connectivity index (χ2n) is 9.55. The number of phenolic OH excluding ortho intramolecular Hbond substituents is 1.